The normalized spacial score (nSPS) is 10.7. The number of aromatic nitrogens is 3. The fourth-order valence-corrected chi connectivity index (χ4v) is 3.00. The monoisotopic (exact) mass is 278 g/mol. The Balaban J connectivity index is 2.08. The molecule has 0 saturated heterocycles. The van der Waals surface area contributed by atoms with Gasteiger partial charge in [-0.05, 0) is 25.0 Å². The van der Waals surface area contributed by atoms with E-state index >= 15 is 0 Å². The van der Waals surface area contributed by atoms with Gasteiger partial charge in [0, 0.05) is 11.9 Å². The Morgan fingerprint density at radius 1 is 1.53 bits per heavy atom. The van der Waals surface area contributed by atoms with Crippen molar-refractivity contribution < 1.29 is 4.79 Å². The number of amides is 1. The van der Waals surface area contributed by atoms with Crippen molar-refractivity contribution in [1.82, 2.24) is 20.1 Å². The van der Waals surface area contributed by atoms with Crippen LogP contribution in [0, 0.1) is 6.92 Å². The van der Waals surface area contributed by atoms with Crippen LogP contribution in [0.2, 0.25) is 0 Å². The molecule has 5 nitrogen and oxygen atoms in total. The van der Waals surface area contributed by atoms with Crippen LogP contribution in [0.15, 0.2) is 12.4 Å². The molecule has 2 rings (SSSR count). The third kappa shape index (κ3) is 3.20. The molecule has 19 heavy (non-hydrogen) atoms. The largest absolute Gasteiger partial charge is 0.333 e. The lowest BCUT2D eigenvalue weighted by molar-refractivity contribution is 0.0786. The quantitative estimate of drug-likeness (QED) is 0.913. The van der Waals surface area contributed by atoms with E-state index in [-0.39, 0.29) is 5.91 Å². The zero-order chi connectivity index (χ0) is 13.8. The molecule has 1 amide bonds. The topological polar surface area (TPSA) is 61.9 Å². The second-order valence-corrected chi connectivity index (χ2v) is 5.79. The fourth-order valence-electron chi connectivity index (χ4n) is 1.93. The second-order valence-electron chi connectivity index (χ2n) is 4.54. The first-order chi connectivity index (χ1) is 9.11. The zero-order valence-corrected chi connectivity index (χ0v) is 12.3. The number of aromatic amines is 1. The lowest BCUT2D eigenvalue weighted by Gasteiger charge is -2.14. The van der Waals surface area contributed by atoms with E-state index < -0.39 is 0 Å². The van der Waals surface area contributed by atoms with Crippen molar-refractivity contribution in [2.75, 3.05) is 7.05 Å². The van der Waals surface area contributed by atoms with Gasteiger partial charge in [-0.15, -0.1) is 11.3 Å². The molecule has 0 aliphatic rings. The van der Waals surface area contributed by atoms with Gasteiger partial charge in [0.2, 0.25) is 0 Å². The van der Waals surface area contributed by atoms with E-state index in [1.54, 1.807) is 23.3 Å². The van der Waals surface area contributed by atoms with Crippen molar-refractivity contribution >= 4 is 17.2 Å². The SMILES string of the molecule is CCCc1cc(C(=O)N(C)Cc2ncn[nH]2)sc1C. The molecule has 0 unspecified atom stereocenters. The molecule has 2 heterocycles. The molecule has 1 N–H and O–H groups in total. The molecule has 0 aromatic carbocycles. The minimum atomic E-state index is 0.0341. The van der Waals surface area contributed by atoms with E-state index in [0.29, 0.717) is 12.4 Å². The molecule has 0 saturated carbocycles. The molecule has 0 bridgehead atoms. The molecule has 102 valence electrons. The summed E-state index contributed by atoms with van der Waals surface area (Å²) < 4.78 is 0. The van der Waals surface area contributed by atoms with Crippen LogP contribution in [0.25, 0.3) is 0 Å². The van der Waals surface area contributed by atoms with Gasteiger partial charge in [0.15, 0.2) is 0 Å². The van der Waals surface area contributed by atoms with Crippen LogP contribution in [-0.2, 0) is 13.0 Å². The van der Waals surface area contributed by atoms with Crippen LogP contribution >= 0.6 is 11.3 Å². The lowest BCUT2D eigenvalue weighted by atomic mass is 10.1. The molecule has 0 spiro atoms. The highest BCUT2D eigenvalue weighted by Gasteiger charge is 2.17. The van der Waals surface area contributed by atoms with Crippen molar-refractivity contribution in [3.05, 3.63) is 33.5 Å². The van der Waals surface area contributed by atoms with E-state index in [9.17, 15) is 4.79 Å². The number of rotatable bonds is 5. The summed E-state index contributed by atoms with van der Waals surface area (Å²) in [6.45, 7) is 4.66. The van der Waals surface area contributed by atoms with Crippen LogP contribution in [0.1, 0.15) is 39.3 Å². The summed E-state index contributed by atoms with van der Waals surface area (Å²) in [5, 5.41) is 6.54. The molecule has 0 aliphatic carbocycles. The predicted molar refractivity (Wildman–Crippen MR) is 75.2 cm³/mol. The Labute approximate surface area is 116 Å². The van der Waals surface area contributed by atoms with E-state index in [1.165, 1.54) is 16.8 Å². The van der Waals surface area contributed by atoms with Gasteiger partial charge in [-0.3, -0.25) is 9.89 Å². The van der Waals surface area contributed by atoms with E-state index in [2.05, 4.69) is 29.0 Å². The average molecular weight is 278 g/mol. The molecule has 6 heteroatoms. The molecule has 0 radical (unpaired) electrons. The lowest BCUT2D eigenvalue weighted by Crippen LogP contribution is -2.26. The molecule has 0 aliphatic heterocycles. The number of carbonyl (C=O) groups excluding carboxylic acids is 1. The number of hydrogen-bond acceptors (Lipinski definition) is 4. The van der Waals surface area contributed by atoms with E-state index in [0.717, 1.165) is 17.7 Å². The Morgan fingerprint density at radius 3 is 2.95 bits per heavy atom. The van der Waals surface area contributed by atoms with Gasteiger partial charge in [0.25, 0.3) is 5.91 Å². The number of H-pyrrole nitrogens is 1. The van der Waals surface area contributed by atoms with Gasteiger partial charge in [0.05, 0.1) is 11.4 Å². The van der Waals surface area contributed by atoms with Crippen molar-refractivity contribution in [1.29, 1.82) is 0 Å². The highest BCUT2D eigenvalue weighted by molar-refractivity contribution is 7.14. The van der Waals surface area contributed by atoms with Gasteiger partial charge in [0.1, 0.15) is 12.2 Å². The molecule has 0 atom stereocenters. The molecular formula is C13H18N4OS. The molecular weight excluding hydrogens is 260 g/mol. The molecule has 2 aromatic heterocycles. The number of hydrogen-bond donors (Lipinski definition) is 1. The highest BCUT2D eigenvalue weighted by atomic mass is 32.1. The third-order valence-corrected chi connectivity index (χ3v) is 4.03. The van der Waals surface area contributed by atoms with Gasteiger partial charge in [-0.1, -0.05) is 13.3 Å². The maximum Gasteiger partial charge on any atom is 0.264 e. The van der Waals surface area contributed by atoms with Crippen LogP contribution in [0.4, 0.5) is 0 Å². The first-order valence-corrected chi connectivity index (χ1v) is 7.12. The molecule has 2 aromatic rings. The summed E-state index contributed by atoms with van der Waals surface area (Å²) >= 11 is 1.57. The van der Waals surface area contributed by atoms with Crippen molar-refractivity contribution in [3.63, 3.8) is 0 Å². The standard InChI is InChI=1S/C13H18N4OS/c1-4-5-10-6-11(19-9(10)2)13(18)17(3)7-12-14-8-15-16-12/h6,8H,4-5,7H2,1-3H3,(H,14,15,16). The maximum atomic E-state index is 12.3. The van der Waals surface area contributed by atoms with Crippen molar-refractivity contribution in [2.45, 2.75) is 33.2 Å². The Bertz CT molecular complexity index is 547. The van der Waals surface area contributed by atoms with Crippen molar-refractivity contribution in [3.8, 4) is 0 Å². The highest BCUT2D eigenvalue weighted by Crippen LogP contribution is 2.24. The summed E-state index contributed by atoms with van der Waals surface area (Å²) in [5.41, 5.74) is 1.28. The fraction of sp³-hybridized carbons (Fsp3) is 0.462. The maximum absolute atomic E-state index is 12.3. The third-order valence-electron chi connectivity index (χ3n) is 2.95. The number of nitrogens with zero attached hydrogens (tertiary/aromatic N) is 3. The summed E-state index contributed by atoms with van der Waals surface area (Å²) in [7, 11) is 1.78. The molecule has 0 fully saturated rings. The Morgan fingerprint density at radius 2 is 2.32 bits per heavy atom. The van der Waals surface area contributed by atoms with E-state index in [4.69, 9.17) is 0 Å². The Kier molecular flexibility index (Phi) is 4.31. The number of aryl methyl sites for hydroxylation is 2. The van der Waals surface area contributed by atoms with Crippen molar-refractivity contribution in [2.24, 2.45) is 0 Å². The van der Waals surface area contributed by atoms with Crippen LogP contribution in [0.5, 0.6) is 0 Å². The number of thiophene rings is 1. The number of nitrogens with one attached hydrogen (secondary N) is 1. The second kappa shape index (κ2) is 5.97. The summed E-state index contributed by atoms with van der Waals surface area (Å²) in [5.74, 6) is 0.727. The summed E-state index contributed by atoms with van der Waals surface area (Å²) in [6, 6.07) is 2.02. The first-order valence-electron chi connectivity index (χ1n) is 6.30. The number of carbonyl (C=O) groups is 1. The van der Waals surface area contributed by atoms with Gasteiger partial charge in [-0.2, -0.15) is 5.10 Å². The van der Waals surface area contributed by atoms with Gasteiger partial charge >= 0.3 is 0 Å². The van der Waals surface area contributed by atoms with Crippen LogP contribution in [0.3, 0.4) is 0 Å². The van der Waals surface area contributed by atoms with Gasteiger partial charge < -0.3 is 4.90 Å². The van der Waals surface area contributed by atoms with E-state index in [1.807, 2.05) is 6.07 Å². The summed E-state index contributed by atoms with van der Waals surface area (Å²) in [4.78, 5) is 20.0. The smallest absolute Gasteiger partial charge is 0.264 e. The average Bonchev–Trinajstić information content (AvgIpc) is 3.00. The predicted octanol–water partition coefficient (Wildman–Crippen LogP) is 2.40. The Hall–Kier alpha value is -1.69. The van der Waals surface area contributed by atoms with Crippen LogP contribution < -0.4 is 0 Å². The minimum absolute atomic E-state index is 0.0341. The first kappa shape index (κ1) is 13.7. The summed E-state index contributed by atoms with van der Waals surface area (Å²) in [6.07, 6.45) is 3.57. The minimum Gasteiger partial charge on any atom is -0.333 e. The van der Waals surface area contributed by atoms with Crippen LogP contribution in [-0.4, -0.2) is 33.0 Å². The van der Waals surface area contributed by atoms with Gasteiger partial charge in [-0.25, -0.2) is 4.98 Å². The zero-order valence-electron chi connectivity index (χ0n) is 11.4.